The van der Waals surface area contributed by atoms with Crippen LogP contribution in [0.25, 0.3) is 5.69 Å². The van der Waals surface area contributed by atoms with E-state index in [1.807, 2.05) is 32.9 Å². The summed E-state index contributed by atoms with van der Waals surface area (Å²) in [5.74, 6) is 0.245. The second kappa shape index (κ2) is 10.9. The number of aromatic nitrogens is 2. The van der Waals surface area contributed by atoms with Crippen molar-refractivity contribution in [1.29, 1.82) is 0 Å². The van der Waals surface area contributed by atoms with Crippen molar-refractivity contribution in [3.63, 3.8) is 0 Å². The predicted octanol–water partition coefficient (Wildman–Crippen LogP) is 4.28. The molecule has 2 amide bonds. The van der Waals surface area contributed by atoms with Gasteiger partial charge in [0.2, 0.25) is 0 Å². The smallest absolute Gasteiger partial charge is 0.279 e. The number of carbonyl (C=O) groups is 2. The molecule has 0 spiro atoms. The van der Waals surface area contributed by atoms with Crippen LogP contribution >= 0.6 is 11.6 Å². The summed E-state index contributed by atoms with van der Waals surface area (Å²) in [5, 5.41) is 4.92. The van der Waals surface area contributed by atoms with Gasteiger partial charge in [-0.25, -0.2) is 4.68 Å². The van der Waals surface area contributed by atoms with Crippen LogP contribution in [0.15, 0.2) is 54.7 Å². The molecule has 33 heavy (non-hydrogen) atoms. The Morgan fingerprint density at radius 3 is 2.39 bits per heavy atom. The van der Waals surface area contributed by atoms with Crippen LogP contribution in [-0.4, -0.2) is 34.3 Å². The first-order valence-corrected chi connectivity index (χ1v) is 11.0. The van der Waals surface area contributed by atoms with E-state index in [4.69, 9.17) is 21.1 Å². The summed E-state index contributed by atoms with van der Waals surface area (Å²) in [6, 6.07) is 14.2. The quantitative estimate of drug-likeness (QED) is 0.479. The molecule has 9 heteroatoms. The molecule has 0 aliphatic carbocycles. The van der Waals surface area contributed by atoms with Crippen LogP contribution in [0.4, 0.5) is 0 Å². The lowest BCUT2D eigenvalue weighted by atomic mass is 10.1. The van der Waals surface area contributed by atoms with Gasteiger partial charge in [-0.05, 0) is 62.2 Å². The number of amides is 2. The molecule has 0 saturated carbocycles. The first-order valence-electron chi connectivity index (χ1n) is 10.6. The lowest BCUT2D eigenvalue weighted by molar-refractivity contribution is -0.128. The first-order chi connectivity index (χ1) is 15.8. The Bertz CT molecular complexity index is 1110. The maximum atomic E-state index is 12.8. The number of hydrogen-bond donors (Lipinski definition) is 2. The average molecular weight is 471 g/mol. The zero-order chi connectivity index (χ0) is 24.0. The number of nitrogens with zero attached hydrogens (tertiary/aromatic N) is 2. The van der Waals surface area contributed by atoms with Crippen LogP contribution in [0.2, 0.25) is 5.02 Å². The highest BCUT2D eigenvalue weighted by atomic mass is 35.5. The fourth-order valence-electron chi connectivity index (χ4n) is 3.23. The molecular weight excluding hydrogens is 444 g/mol. The number of ether oxygens (including phenoxy) is 2. The summed E-state index contributed by atoms with van der Waals surface area (Å²) in [4.78, 5) is 25.2. The molecule has 3 aromatic rings. The maximum Gasteiger partial charge on any atom is 0.279 e. The lowest BCUT2D eigenvalue weighted by Gasteiger charge is -2.16. The minimum Gasteiger partial charge on any atom is -0.494 e. The van der Waals surface area contributed by atoms with Crippen LogP contribution in [-0.2, 0) is 4.79 Å². The van der Waals surface area contributed by atoms with E-state index in [2.05, 4.69) is 16.0 Å². The molecule has 0 bridgehead atoms. The van der Waals surface area contributed by atoms with Crippen molar-refractivity contribution in [2.45, 2.75) is 39.7 Å². The third kappa shape index (κ3) is 6.04. The zero-order valence-corrected chi connectivity index (χ0v) is 19.7. The highest BCUT2D eigenvalue weighted by molar-refractivity contribution is 6.30. The molecule has 3 rings (SSSR count). The molecule has 2 aromatic carbocycles. The van der Waals surface area contributed by atoms with E-state index in [9.17, 15) is 9.59 Å². The van der Waals surface area contributed by atoms with E-state index in [0.717, 1.165) is 5.69 Å². The number of hydrogen-bond acceptors (Lipinski definition) is 5. The molecule has 8 nitrogen and oxygen atoms in total. The van der Waals surface area contributed by atoms with Gasteiger partial charge in [-0.15, -0.1) is 0 Å². The van der Waals surface area contributed by atoms with Crippen molar-refractivity contribution in [2.24, 2.45) is 0 Å². The third-order valence-electron chi connectivity index (χ3n) is 4.77. The van der Waals surface area contributed by atoms with Gasteiger partial charge in [0.1, 0.15) is 11.5 Å². The van der Waals surface area contributed by atoms with Gasteiger partial charge < -0.3 is 9.47 Å². The molecule has 1 heterocycles. The molecule has 0 aliphatic heterocycles. The Labute approximate surface area is 197 Å². The van der Waals surface area contributed by atoms with Crippen LogP contribution in [0.3, 0.4) is 0 Å². The van der Waals surface area contributed by atoms with Gasteiger partial charge in [-0.3, -0.25) is 20.4 Å². The van der Waals surface area contributed by atoms with E-state index in [1.54, 1.807) is 48.0 Å². The number of halogens is 1. The van der Waals surface area contributed by atoms with Gasteiger partial charge in [0.05, 0.1) is 29.7 Å². The topological polar surface area (TPSA) is 94.5 Å². The van der Waals surface area contributed by atoms with Crippen molar-refractivity contribution >= 4 is 23.4 Å². The van der Waals surface area contributed by atoms with Crippen LogP contribution in [0, 0.1) is 0 Å². The number of hydrazine groups is 1. The van der Waals surface area contributed by atoms with Crippen LogP contribution in [0.5, 0.6) is 11.5 Å². The number of nitrogens with one attached hydrogen (secondary N) is 2. The molecule has 1 unspecified atom stereocenters. The fraction of sp³-hybridized carbons (Fsp3) is 0.292. The largest absolute Gasteiger partial charge is 0.494 e. The van der Waals surface area contributed by atoms with Crippen molar-refractivity contribution in [2.75, 3.05) is 6.61 Å². The molecule has 0 saturated heterocycles. The van der Waals surface area contributed by atoms with Gasteiger partial charge >= 0.3 is 0 Å². The molecule has 0 fully saturated rings. The monoisotopic (exact) mass is 470 g/mol. The van der Waals surface area contributed by atoms with Crippen molar-refractivity contribution < 1.29 is 19.1 Å². The van der Waals surface area contributed by atoms with E-state index < -0.39 is 17.9 Å². The van der Waals surface area contributed by atoms with Crippen molar-refractivity contribution in [3.8, 4) is 17.2 Å². The van der Waals surface area contributed by atoms with E-state index in [1.165, 1.54) is 6.20 Å². The van der Waals surface area contributed by atoms with Gasteiger partial charge in [0.15, 0.2) is 6.10 Å². The molecule has 174 valence electrons. The van der Waals surface area contributed by atoms with E-state index >= 15 is 0 Å². The Morgan fingerprint density at radius 2 is 1.76 bits per heavy atom. The Balaban J connectivity index is 1.64. The minimum absolute atomic E-state index is 0.00940. The fourth-order valence-corrected chi connectivity index (χ4v) is 3.41. The zero-order valence-electron chi connectivity index (χ0n) is 19.0. The first kappa shape index (κ1) is 24.1. The molecule has 1 atom stereocenters. The summed E-state index contributed by atoms with van der Waals surface area (Å²) in [6.45, 7) is 7.97. The normalized spacial score (nSPS) is 11.7. The summed E-state index contributed by atoms with van der Waals surface area (Å²) in [5.41, 5.74) is 6.65. The van der Waals surface area contributed by atoms with Crippen LogP contribution in [0.1, 0.15) is 49.7 Å². The third-order valence-corrected chi connectivity index (χ3v) is 5.00. The highest BCUT2D eigenvalue weighted by Crippen LogP contribution is 2.24. The Hall–Kier alpha value is -3.52. The predicted molar refractivity (Wildman–Crippen MR) is 126 cm³/mol. The summed E-state index contributed by atoms with van der Waals surface area (Å²) in [6.07, 6.45) is 0.638. The second-order valence-corrected chi connectivity index (χ2v) is 8.03. The average Bonchev–Trinajstić information content (AvgIpc) is 3.24. The molecule has 1 aromatic heterocycles. The summed E-state index contributed by atoms with van der Waals surface area (Å²) < 4.78 is 12.7. The Kier molecular flexibility index (Phi) is 7.95. The van der Waals surface area contributed by atoms with Gasteiger partial charge in [-0.1, -0.05) is 31.5 Å². The minimum atomic E-state index is -0.831. The highest BCUT2D eigenvalue weighted by Gasteiger charge is 2.22. The van der Waals surface area contributed by atoms with Crippen LogP contribution < -0.4 is 20.3 Å². The molecular formula is C24H27ClN4O4. The molecule has 2 N–H and O–H groups in total. The number of benzene rings is 2. The molecule has 0 aliphatic rings. The number of rotatable bonds is 8. The van der Waals surface area contributed by atoms with Crippen molar-refractivity contribution in [3.05, 3.63) is 71.0 Å². The maximum absolute atomic E-state index is 12.8. The number of carbonyl (C=O) groups excluding carboxylic acids is 2. The lowest BCUT2D eigenvalue weighted by Crippen LogP contribution is -2.47. The van der Waals surface area contributed by atoms with Gasteiger partial charge in [-0.2, -0.15) is 5.10 Å². The SMILES string of the molecule is CCOc1ccc(OC(C)C(=O)NNC(=O)c2cnn(-c3cccc(Cl)c3)c2C(C)C)cc1. The Morgan fingerprint density at radius 1 is 1.06 bits per heavy atom. The van der Waals surface area contributed by atoms with E-state index in [0.29, 0.717) is 34.4 Å². The van der Waals surface area contributed by atoms with Crippen molar-refractivity contribution in [1.82, 2.24) is 20.6 Å². The second-order valence-electron chi connectivity index (χ2n) is 7.60. The van der Waals surface area contributed by atoms with E-state index in [-0.39, 0.29) is 5.92 Å². The van der Waals surface area contributed by atoms with Gasteiger partial charge in [0.25, 0.3) is 11.8 Å². The van der Waals surface area contributed by atoms with Gasteiger partial charge in [0, 0.05) is 5.02 Å². The summed E-state index contributed by atoms with van der Waals surface area (Å²) in [7, 11) is 0. The molecule has 0 radical (unpaired) electrons. The summed E-state index contributed by atoms with van der Waals surface area (Å²) >= 11 is 6.10. The standard InChI is InChI=1S/C24H27ClN4O4/c1-5-32-19-9-11-20(12-10-19)33-16(4)23(30)27-28-24(31)21-14-26-29(22(21)15(2)3)18-8-6-7-17(25)13-18/h6-16H,5H2,1-4H3,(H,27,30)(H,28,31).